The van der Waals surface area contributed by atoms with E-state index in [0.29, 0.717) is 0 Å². The predicted octanol–water partition coefficient (Wildman–Crippen LogP) is 1.57. The van der Waals surface area contributed by atoms with Gasteiger partial charge >= 0.3 is 0 Å². The van der Waals surface area contributed by atoms with Gasteiger partial charge in [0.25, 0.3) is 0 Å². The van der Waals surface area contributed by atoms with Crippen LogP contribution in [-0.2, 0) is 9.47 Å². The lowest BCUT2D eigenvalue weighted by Gasteiger charge is -1.76. The molecule has 0 aromatic carbocycles. The zero-order chi connectivity index (χ0) is 7.07. The molecule has 2 fully saturated rings. The molecule has 0 spiro atoms. The third kappa shape index (κ3) is 3.85. The Morgan fingerprint density at radius 2 is 2.10 bits per heavy atom. The Labute approximate surface area is 62.5 Å². The van der Waals surface area contributed by atoms with Gasteiger partial charge in [-0.05, 0) is 25.7 Å². The van der Waals surface area contributed by atoms with Crippen molar-refractivity contribution in [1.29, 1.82) is 0 Å². The lowest BCUT2D eigenvalue weighted by molar-refractivity contribution is 0.204. The maximum absolute atomic E-state index is 4.89. The van der Waals surface area contributed by atoms with Crippen LogP contribution in [0.4, 0.5) is 0 Å². The van der Waals surface area contributed by atoms with Crippen molar-refractivity contribution in [3.05, 3.63) is 13.0 Å². The summed E-state index contributed by atoms with van der Waals surface area (Å²) in [7, 11) is 0. The van der Waals surface area contributed by atoms with Gasteiger partial charge in [0, 0.05) is 19.8 Å². The van der Waals surface area contributed by atoms with E-state index >= 15 is 0 Å². The molecule has 0 aromatic rings. The first-order valence-corrected chi connectivity index (χ1v) is 3.83. The highest BCUT2D eigenvalue weighted by atomic mass is 16.5. The van der Waals surface area contributed by atoms with Crippen molar-refractivity contribution in [2.45, 2.75) is 19.3 Å². The average molecular weight is 142 g/mol. The summed E-state index contributed by atoms with van der Waals surface area (Å²) in [6, 6.07) is 0. The summed E-state index contributed by atoms with van der Waals surface area (Å²) in [5, 5.41) is 0. The smallest absolute Gasteiger partial charge is 0.0837 e. The van der Waals surface area contributed by atoms with Crippen molar-refractivity contribution in [2.75, 3.05) is 19.8 Å². The van der Waals surface area contributed by atoms with Crippen molar-refractivity contribution in [1.82, 2.24) is 0 Å². The van der Waals surface area contributed by atoms with Gasteiger partial charge in [-0.1, -0.05) is 0 Å². The van der Waals surface area contributed by atoms with Crippen molar-refractivity contribution < 1.29 is 9.47 Å². The number of hydrogen-bond acceptors (Lipinski definition) is 2. The lowest BCUT2D eigenvalue weighted by atomic mass is 10.4. The van der Waals surface area contributed by atoms with Crippen molar-refractivity contribution in [3.63, 3.8) is 0 Å². The maximum Gasteiger partial charge on any atom is 0.0837 e. The fourth-order valence-corrected chi connectivity index (χ4v) is 0.833. The monoisotopic (exact) mass is 142 g/mol. The molecule has 2 heteroatoms. The Morgan fingerprint density at radius 1 is 1.10 bits per heavy atom. The van der Waals surface area contributed by atoms with Crippen LogP contribution in [-0.4, -0.2) is 19.8 Å². The van der Waals surface area contributed by atoms with Crippen LogP contribution in [0.5, 0.6) is 0 Å². The molecule has 2 rings (SSSR count). The van der Waals surface area contributed by atoms with Crippen molar-refractivity contribution in [2.24, 2.45) is 0 Å². The first kappa shape index (κ1) is 8.02. The molecular weight excluding hydrogens is 128 g/mol. The third-order valence-corrected chi connectivity index (χ3v) is 1.40. The van der Waals surface area contributed by atoms with E-state index < -0.39 is 0 Å². The molecule has 0 aliphatic carbocycles. The molecule has 2 heterocycles. The van der Waals surface area contributed by atoms with E-state index in [4.69, 9.17) is 9.47 Å². The fraction of sp³-hybridized carbons (Fsp3) is 0.750. The van der Waals surface area contributed by atoms with Gasteiger partial charge in [-0.15, -0.1) is 0 Å². The van der Waals surface area contributed by atoms with Crippen LogP contribution in [0.3, 0.4) is 0 Å². The molecule has 58 valence electrons. The summed E-state index contributed by atoms with van der Waals surface area (Å²) in [4.78, 5) is 0. The summed E-state index contributed by atoms with van der Waals surface area (Å²) in [5.74, 6) is 0. The third-order valence-electron chi connectivity index (χ3n) is 1.40. The van der Waals surface area contributed by atoms with Crippen LogP contribution in [0.25, 0.3) is 0 Å². The highest BCUT2D eigenvalue weighted by molar-refractivity contribution is 4.67. The summed E-state index contributed by atoms with van der Waals surface area (Å²) < 4.78 is 9.71. The normalized spacial score (nSPS) is 24.0. The molecule has 2 aliphatic rings. The second-order valence-electron chi connectivity index (χ2n) is 2.33. The minimum Gasteiger partial charge on any atom is -0.381 e. The standard InChI is InChI=1S/2C4H7O/c2*1-2-4-5-3-1/h3H,1-2,4H2;1H,2-4H2. The molecule has 2 nitrogen and oxygen atoms in total. The van der Waals surface area contributed by atoms with Crippen LogP contribution < -0.4 is 0 Å². The van der Waals surface area contributed by atoms with Crippen LogP contribution in [0.1, 0.15) is 19.3 Å². The van der Waals surface area contributed by atoms with Gasteiger partial charge in [0.05, 0.1) is 6.61 Å². The van der Waals surface area contributed by atoms with E-state index in [1.807, 2.05) is 6.61 Å². The molecule has 0 bridgehead atoms. The second-order valence-corrected chi connectivity index (χ2v) is 2.33. The van der Waals surface area contributed by atoms with Crippen LogP contribution >= 0.6 is 0 Å². The topological polar surface area (TPSA) is 18.5 Å². The molecule has 10 heavy (non-hydrogen) atoms. The summed E-state index contributed by atoms with van der Waals surface area (Å²) >= 11 is 0. The van der Waals surface area contributed by atoms with Gasteiger partial charge in [-0.25, -0.2) is 0 Å². The average Bonchev–Trinajstić information content (AvgIpc) is 2.67. The molecule has 0 amide bonds. The minimum atomic E-state index is 0.875. The highest BCUT2D eigenvalue weighted by Crippen LogP contribution is 2.03. The summed E-state index contributed by atoms with van der Waals surface area (Å²) in [5.41, 5.74) is 0. The lowest BCUT2D eigenvalue weighted by Crippen LogP contribution is -1.75. The number of hydrogen-bond donors (Lipinski definition) is 0. The van der Waals surface area contributed by atoms with E-state index in [9.17, 15) is 0 Å². The van der Waals surface area contributed by atoms with E-state index in [-0.39, 0.29) is 0 Å². The van der Waals surface area contributed by atoms with Gasteiger partial charge in [0.15, 0.2) is 0 Å². The fourth-order valence-electron chi connectivity index (χ4n) is 0.833. The first-order chi connectivity index (χ1) is 5.00. The SMILES string of the molecule is [CH]1CCCO1.[CH]1CCOC1. The molecule has 2 radical (unpaired) electrons. The molecule has 0 aromatic heterocycles. The predicted molar refractivity (Wildman–Crippen MR) is 39.2 cm³/mol. The number of ether oxygens (including phenoxy) is 2. The molecule has 0 atom stereocenters. The Morgan fingerprint density at radius 3 is 2.30 bits per heavy atom. The van der Waals surface area contributed by atoms with Gasteiger partial charge in [-0.2, -0.15) is 0 Å². The molecule has 0 saturated carbocycles. The molecule has 0 N–H and O–H groups in total. The van der Waals surface area contributed by atoms with Gasteiger partial charge in [0.1, 0.15) is 0 Å². The Kier molecular flexibility index (Phi) is 4.56. The van der Waals surface area contributed by atoms with Gasteiger partial charge in [0.2, 0.25) is 0 Å². The molecular formula is C8H14O2. The highest BCUT2D eigenvalue weighted by Gasteiger charge is 1.96. The molecule has 2 aliphatic heterocycles. The van der Waals surface area contributed by atoms with E-state index in [2.05, 4.69) is 6.42 Å². The first-order valence-electron chi connectivity index (χ1n) is 3.83. The quantitative estimate of drug-likeness (QED) is 0.511. The number of rotatable bonds is 0. The Balaban J connectivity index is 0.0000001000. The molecule has 2 saturated heterocycles. The Hall–Kier alpha value is -0.0800. The van der Waals surface area contributed by atoms with Crippen molar-refractivity contribution in [3.8, 4) is 0 Å². The zero-order valence-corrected chi connectivity index (χ0v) is 6.21. The molecule has 0 unspecified atom stereocenters. The summed E-state index contributed by atoms with van der Waals surface area (Å²) in [6.45, 7) is 4.62. The maximum atomic E-state index is 4.89. The second kappa shape index (κ2) is 5.69. The van der Waals surface area contributed by atoms with Crippen molar-refractivity contribution >= 4 is 0 Å². The van der Waals surface area contributed by atoms with E-state index in [1.54, 1.807) is 0 Å². The van der Waals surface area contributed by atoms with Crippen LogP contribution in [0, 0.1) is 13.0 Å². The Bertz CT molecular complexity index is 40.4. The largest absolute Gasteiger partial charge is 0.381 e. The van der Waals surface area contributed by atoms with Crippen LogP contribution in [0.2, 0.25) is 0 Å². The van der Waals surface area contributed by atoms with E-state index in [1.165, 1.54) is 6.42 Å². The minimum absolute atomic E-state index is 0.875. The van der Waals surface area contributed by atoms with Crippen LogP contribution in [0.15, 0.2) is 0 Å². The zero-order valence-electron chi connectivity index (χ0n) is 6.21. The van der Waals surface area contributed by atoms with Gasteiger partial charge in [-0.3, -0.25) is 0 Å². The van der Waals surface area contributed by atoms with E-state index in [0.717, 1.165) is 32.7 Å². The summed E-state index contributed by atoms with van der Waals surface area (Å²) in [6.07, 6.45) is 5.67. The van der Waals surface area contributed by atoms with Gasteiger partial charge < -0.3 is 9.47 Å².